The summed E-state index contributed by atoms with van der Waals surface area (Å²) in [6, 6.07) is 34.2. The minimum absolute atomic E-state index is 0.0108. The maximum Gasteiger partial charge on any atom is 0.416 e. The van der Waals surface area contributed by atoms with Crippen LogP contribution in [-0.2, 0) is 24.7 Å². The van der Waals surface area contributed by atoms with Gasteiger partial charge < -0.3 is 4.57 Å². The molecule has 10 aromatic rings. The van der Waals surface area contributed by atoms with Gasteiger partial charge in [-0.25, -0.2) is 23.7 Å². The van der Waals surface area contributed by atoms with Gasteiger partial charge >= 0.3 is 24.7 Å². The molecule has 366 valence electrons. The van der Waals surface area contributed by atoms with E-state index in [2.05, 4.69) is 0 Å². The molecule has 4 nitrogen and oxygen atoms in total. The number of alkyl halides is 12. The monoisotopic (exact) mass is 1010 g/mol. The smallest absolute Gasteiger partial charge is 0.308 e. The van der Waals surface area contributed by atoms with E-state index in [1.807, 2.05) is 0 Å². The molecule has 0 bridgehead atoms. The molecule has 0 radical (unpaired) electrons. The van der Waals surface area contributed by atoms with Crippen LogP contribution in [0.3, 0.4) is 0 Å². The summed E-state index contributed by atoms with van der Waals surface area (Å²) >= 11 is 0. The fourth-order valence-corrected chi connectivity index (χ4v) is 8.65. The van der Waals surface area contributed by atoms with E-state index in [1.54, 1.807) is 60.7 Å². The summed E-state index contributed by atoms with van der Waals surface area (Å²) < 4.78 is 203. The van der Waals surface area contributed by atoms with E-state index in [4.69, 9.17) is 15.0 Å². The van der Waals surface area contributed by atoms with Gasteiger partial charge in [0, 0.05) is 27.5 Å². The molecular weight excluding hydrogens is 983 g/mol. The van der Waals surface area contributed by atoms with E-state index in [1.165, 1.54) is 59.2 Å². The van der Waals surface area contributed by atoms with Gasteiger partial charge in [0.05, 0.1) is 44.5 Å². The first-order valence-electron chi connectivity index (χ1n) is 21.7. The van der Waals surface area contributed by atoms with E-state index in [9.17, 15) is 52.7 Å². The highest BCUT2D eigenvalue weighted by Crippen LogP contribution is 2.45. The van der Waals surface area contributed by atoms with Crippen LogP contribution in [0.5, 0.6) is 0 Å². The zero-order chi connectivity index (χ0) is 51.8. The van der Waals surface area contributed by atoms with Gasteiger partial charge in [-0.1, -0.05) is 97.1 Å². The Bertz CT molecular complexity index is 3490. The molecule has 2 aromatic heterocycles. The van der Waals surface area contributed by atoms with Crippen molar-refractivity contribution in [2.75, 3.05) is 0 Å². The molecule has 0 fully saturated rings. The van der Waals surface area contributed by atoms with Gasteiger partial charge in [0.2, 0.25) is 0 Å². The molecule has 0 saturated carbocycles. The molecule has 18 heteroatoms. The lowest BCUT2D eigenvalue weighted by atomic mass is 9.97. The van der Waals surface area contributed by atoms with Crippen LogP contribution in [-0.4, -0.2) is 19.5 Å². The SMILES string of the molecule is Fc1cccc(F)c1-c1ccc(-n2c3cc(-c4cc(C(F)(F)F)cc(C(F)(F)F)c4)ccc3c3ccc(-c4cc(C(F)(F)F)cc(C(F)(F)F)c4)cc32)c(-c2nc(-c3ccccc3)nc(-c3ccccc3)n2)c1. The molecule has 0 saturated heterocycles. The van der Waals surface area contributed by atoms with Gasteiger partial charge in [0.25, 0.3) is 0 Å². The molecule has 0 aliphatic rings. The Labute approximate surface area is 403 Å². The largest absolute Gasteiger partial charge is 0.416 e. The van der Waals surface area contributed by atoms with Crippen molar-refractivity contribution in [2.45, 2.75) is 24.7 Å². The molecule has 0 N–H and O–H groups in total. The van der Waals surface area contributed by atoms with Gasteiger partial charge in [-0.3, -0.25) is 0 Å². The van der Waals surface area contributed by atoms with E-state index >= 15 is 8.78 Å². The quantitative estimate of drug-likeness (QED) is 0.149. The molecule has 2 heterocycles. The number of hydrogen-bond acceptors (Lipinski definition) is 3. The normalized spacial score (nSPS) is 12.5. The molecule has 73 heavy (non-hydrogen) atoms. The number of nitrogens with zero attached hydrogens (tertiary/aromatic N) is 4. The molecule has 10 rings (SSSR count). The van der Waals surface area contributed by atoms with Crippen LogP contribution < -0.4 is 0 Å². The molecule has 0 atom stereocenters. The van der Waals surface area contributed by atoms with Crippen LogP contribution in [0.2, 0.25) is 0 Å². The van der Waals surface area contributed by atoms with E-state index in [-0.39, 0.29) is 79.4 Å². The van der Waals surface area contributed by atoms with E-state index in [0.29, 0.717) is 35.4 Å². The van der Waals surface area contributed by atoms with Crippen molar-refractivity contribution in [2.24, 2.45) is 0 Å². The minimum atomic E-state index is -5.23. The topological polar surface area (TPSA) is 43.6 Å². The number of aromatic nitrogens is 4. The Balaban J connectivity index is 1.33. The Morgan fingerprint density at radius 1 is 0.315 bits per heavy atom. The maximum absolute atomic E-state index is 15.7. The van der Waals surface area contributed by atoms with Gasteiger partial charge in [-0.05, 0) is 101 Å². The molecule has 0 amide bonds. The van der Waals surface area contributed by atoms with Crippen molar-refractivity contribution < 1.29 is 61.5 Å². The standard InChI is InChI=1S/C55H28F14N4/c56-43-12-7-13-44(57)48(43)33-16-19-45(42(24-33)51-71-49(29-8-3-1-4-9-29)70-50(72-51)30-10-5-2-6-11-30)73-46-25-31(34-20-36(52(58,59)60)27-37(21-34)53(61,62)63)14-17-40(46)41-18-15-32(26-47(41)73)35-22-38(54(64,65)66)28-39(23-35)55(67,68)69/h1-28H. The van der Waals surface area contributed by atoms with Crippen LogP contribution >= 0.6 is 0 Å². The summed E-state index contributed by atoms with van der Waals surface area (Å²) in [5.41, 5.74) is -7.31. The second kappa shape index (κ2) is 17.7. The Morgan fingerprint density at radius 2 is 0.699 bits per heavy atom. The van der Waals surface area contributed by atoms with E-state index < -0.39 is 75.3 Å². The van der Waals surface area contributed by atoms with Crippen LogP contribution in [0.25, 0.3) is 95.0 Å². The van der Waals surface area contributed by atoms with Crippen molar-refractivity contribution in [3.63, 3.8) is 0 Å². The van der Waals surface area contributed by atoms with Crippen molar-refractivity contribution in [1.82, 2.24) is 19.5 Å². The Kier molecular flexibility index (Phi) is 11.7. The summed E-state index contributed by atoms with van der Waals surface area (Å²) in [6.45, 7) is 0. The second-order valence-corrected chi connectivity index (χ2v) is 16.8. The number of hydrogen-bond donors (Lipinski definition) is 0. The first-order chi connectivity index (χ1) is 34.5. The van der Waals surface area contributed by atoms with Crippen molar-refractivity contribution in [1.29, 1.82) is 0 Å². The lowest BCUT2D eigenvalue weighted by Crippen LogP contribution is -2.11. The predicted molar refractivity (Wildman–Crippen MR) is 247 cm³/mol. The Morgan fingerprint density at radius 3 is 1.10 bits per heavy atom. The third kappa shape index (κ3) is 9.35. The molecule has 0 unspecified atom stereocenters. The van der Waals surface area contributed by atoms with Gasteiger partial charge in [-0.15, -0.1) is 0 Å². The first-order valence-corrected chi connectivity index (χ1v) is 21.7. The highest BCUT2D eigenvalue weighted by Gasteiger charge is 2.39. The zero-order valence-electron chi connectivity index (χ0n) is 36.7. The van der Waals surface area contributed by atoms with Crippen molar-refractivity contribution in [3.05, 3.63) is 204 Å². The predicted octanol–water partition coefficient (Wildman–Crippen LogP) is 17.3. The van der Waals surface area contributed by atoms with E-state index in [0.717, 1.165) is 18.2 Å². The summed E-state index contributed by atoms with van der Waals surface area (Å²) in [5.74, 6) is -1.87. The lowest BCUT2D eigenvalue weighted by Gasteiger charge is -2.18. The highest BCUT2D eigenvalue weighted by molar-refractivity contribution is 6.11. The summed E-state index contributed by atoms with van der Waals surface area (Å²) in [5, 5.41) is 0.517. The first kappa shape index (κ1) is 48.2. The van der Waals surface area contributed by atoms with Gasteiger partial charge in [0.1, 0.15) is 11.6 Å². The highest BCUT2D eigenvalue weighted by atomic mass is 19.4. The molecule has 8 aromatic carbocycles. The third-order valence-corrected chi connectivity index (χ3v) is 12.0. The zero-order valence-corrected chi connectivity index (χ0v) is 36.7. The Hall–Kier alpha value is -8.41. The fraction of sp³-hybridized carbons (Fsp3) is 0.0727. The van der Waals surface area contributed by atoms with Crippen LogP contribution in [0.1, 0.15) is 22.3 Å². The number of halogens is 14. The van der Waals surface area contributed by atoms with Crippen LogP contribution in [0.15, 0.2) is 170 Å². The molecule has 0 aliphatic heterocycles. The van der Waals surface area contributed by atoms with Gasteiger partial charge in [-0.2, -0.15) is 52.7 Å². The van der Waals surface area contributed by atoms with Crippen LogP contribution in [0.4, 0.5) is 61.5 Å². The minimum Gasteiger partial charge on any atom is -0.308 e. The summed E-state index contributed by atoms with van der Waals surface area (Å²) in [7, 11) is 0. The number of fused-ring (bicyclic) bond motifs is 3. The van der Waals surface area contributed by atoms with Crippen molar-refractivity contribution >= 4 is 21.8 Å². The fourth-order valence-electron chi connectivity index (χ4n) is 8.65. The lowest BCUT2D eigenvalue weighted by molar-refractivity contribution is -0.144. The van der Waals surface area contributed by atoms with Crippen LogP contribution in [0, 0.1) is 11.6 Å². The summed E-state index contributed by atoms with van der Waals surface area (Å²) in [4.78, 5) is 14.4. The summed E-state index contributed by atoms with van der Waals surface area (Å²) in [6.07, 6.45) is -20.9. The maximum atomic E-state index is 15.7. The molecular formula is C55H28F14N4. The second-order valence-electron chi connectivity index (χ2n) is 16.8. The number of benzene rings is 8. The average molecular weight is 1010 g/mol. The molecule has 0 aliphatic carbocycles. The third-order valence-electron chi connectivity index (χ3n) is 12.0. The van der Waals surface area contributed by atoms with Crippen molar-refractivity contribution in [3.8, 4) is 73.2 Å². The number of rotatable bonds is 7. The average Bonchev–Trinajstić information content (AvgIpc) is 3.68. The van der Waals surface area contributed by atoms with Gasteiger partial charge in [0.15, 0.2) is 17.5 Å². The molecule has 0 spiro atoms.